The van der Waals surface area contributed by atoms with E-state index in [4.69, 9.17) is 9.47 Å². The predicted octanol–water partition coefficient (Wildman–Crippen LogP) is 6.31. The Morgan fingerprint density at radius 1 is 1.07 bits per heavy atom. The first-order valence-electron chi connectivity index (χ1n) is 13.8. The molecule has 1 saturated heterocycles. The first-order chi connectivity index (χ1) is 21.2. The van der Waals surface area contributed by atoms with Crippen LogP contribution in [-0.2, 0) is 10.9 Å². The highest BCUT2D eigenvalue weighted by Crippen LogP contribution is 2.36. The Kier molecular flexibility index (Phi) is 7.82. The summed E-state index contributed by atoms with van der Waals surface area (Å²) in [6, 6.07) is 10.1. The first kappa shape index (κ1) is 29.0. The second-order valence-corrected chi connectivity index (χ2v) is 10.2. The van der Waals surface area contributed by atoms with E-state index in [9.17, 15) is 18.0 Å². The van der Waals surface area contributed by atoms with Crippen LogP contribution < -0.4 is 15.4 Å². The molecule has 1 fully saturated rings. The Morgan fingerprint density at radius 2 is 1.93 bits per heavy atom. The number of halogens is 3. The lowest BCUT2D eigenvalue weighted by Crippen LogP contribution is -2.17. The molecule has 0 radical (unpaired) electrons. The average Bonchev–Trinajstić information content (AvgIpc) is 3.47. The van der Waals surface area contributed by atoms with Crippen LogP contribution in [0.5, 0.6) is 5.88 Å². The maximum Gasteiger partial charge on any atom is 0.416 e. The topological polar surface area (TPSA) is 129 Å². The standard InChI is InChI=1S/C30H27F3N8O3/c1-17-6-7-19(38-29(42)22-13-18(10-11-34-22)30(31,32)33)14-21(17)39-27-20(8-9-23(40-27)43-2)25-26-28(36-15-35-25)41(16-37-26)24-5-3-4-12-44-24/h6-11,13-16,24H,3-5,12H2,1-2H3,(H,38,42)(H,39,40). The van der Waals surface area contributed by atoms with Crippen molar-refractivity contribution in [3.63, 3.8) is 0 Å². The number of fused-ring (bicyclic) bond motifs is 1. The van der Waals surface area contributed by atoms with Crippen LogP contribution in [0.2, 0.25) is 0 Å². The third kappa shape index (κ3) is 5.88. The summed E-state index contributed by atoms with van der Waals surface area (Å²) in [5.41, 5.74) is 2.76. The van der Waals surface area contributed by atoms with E-state index in [1.807, 2.05) is 17.6 Å². The smallest absolute Gasteiger partial charge is 0.416 e. The van der Waals surface area contributed by atoms with Crippen molar-refractivity contribution in [3.8, 4) is 17.1 Å². The van der Waals surface area contributed by atoms with Gasteiger partial charge in [-0.3, -0.25) is 14.3 Å². The number of carbonyl (C=O) groups is 1. The third-order valence-corrected chi connectivity index (χ3v) is 7.23. The van der Waals surface area contributed by atoms with Crippen molar-refractivity contribution in [2.45, 2.75) is 38.6 Å². The van der Waals surface area contributed by atoms with Gasteiger partial charge in [0.2, 0.25) is 5.88 Å². The number of rotatable bonds is 7. The second-order valence-electron chi connectivity index (χ2n) is 10.2. The molecule has 1 atom stereocenters. The predicted molar refractivity (Wildman–Crippen MR) is 156 cm³/mol. The van der Waals surface area contributed by atoms with E-state index >= 15 is 0 Å². The number of nitrogens with one attached hydrogen (secondary N) is 2. The lowest BCUT2D eigenvalue weighted by molar-refractivity contribution is -0.137. The van der Waals surface area contributed by atoms with Gasteiger partial charge in [-0.05, 0) is 62.1 Å². The molecule has 0 saturated carbocycles. The number of amides is 1. The molecule has 44 heavy (non-hydrogen) atoms. The highest BCUT2D eigenvalue weighted by molar-refractivity contribution is 6.03. The molecule has 6 rings (SSSR count). The van der Waals surface area contributed by atoms with Gasteiger partial charge in [0.15, 0.2) is 5.65 Å². The van der Waals surface area contributed by atoms with Crippen molar-refractivity contribution in [2.24, 2.45) is 0 Å². The van der Waals surface area contributed by atoms with E-state index in [1.165, 1.54) is 13.4 Å². The first-order valence-corrected chi connectivity index (χ1v) is 13.8. The fraction of sp³-hybridized carbons (Fsp3) is 0.267. The van der Waals surface area contributed by atoms with Gasteiger partial charge >= 0.3 is 6.18 Å². The van der Waals surface area contributed by atoms with Crippen molar-refractivity contribution in [1.29, 1.82) is 0 Å². The zero-order valence-corrected chi connectivity index (χ0v) is 23.7. The van der Waals surface area contributed by atoms with Crippen LogP contribution in [0.3, 0.4) is 0 Å². The molecule has 5 aromatic rings. The van der Waals surface area contributed by atoms with Crippen LogP contribution in [0.4, 0.5) is 30.4 Å². The van der Waals surface area contributed by atoms with Crippen molar-refractivity contribution >= 4 is 34.3 Å². The number of anilines is 3. The van der Waals surface area contributed by atoms with Gasteiger partial charge in [-0.15, -0.1) is 0 Å². The largest absolute Gasteiger partial charge is 0.481 e. The molecule has 5 heterocycles. The Bertz CT molecular complexity index is 1840. The summed E-state index contributed by atoms with van der Waals surface area (Å²) in [7, 11) is 1.50. The molecule has 1 unspecified atom stereocenters. The molecular weight excluding hydrogens is 577 g/mol. The molecule has 1 aliphatic heterocycles. The number of aryl methyl sites for hydroxylation is 1. The number of ether oxygens (including phenoxy) is 2. The van der Waals surface area contributed by atoms with E-state index in [1.54, 1.807) is 30.6 Å². The Morgan fingerprint density at radius 3 is 2.70 bits per heavy atom. The maximum absolute atomic E-state index is 13.1. The molecule has 4 aromatic heterocycles. The van der Waals surface area contributed by atoms with Gasteiger partial charge in [-0.25, -0.2) is 15.0 Å². The minimum absolute atomic E-state index is 0.158. The van der Waals surface area contributed by atoms with E-state index in [2.05, 4.69) is 35.6 Å². The second kappa shape index (κ2) is 11.9. The van der Waals surface area contributed by atoms with Crippen molar-refractivity contribution in [1.82, 2.24) is 29.5 Å². The Labute approximate surface area is 249 Å². The summed E-state index contributed by atoms with van der Waals surface area (Å²) in [6.45, 7) is 2.53. The van der Waals surface area contributed by atoms with Gasteiger partial charge in [-0.2, -0.15) is 18.2 Å². The number of benzene rings is 1. The highest BCUT2D eigenvalue weighted by Gasteiger charge is 2.31. The third-order valence-electron chi connectivity index (χ3n) is 7.23. The number of nitrogens with zero attached hydrogens (tertiary/aromatic N) is 6. The number of alkyl halides is 3. The number of hydrogen-bond acceptors (Lipinski definition) is 9. The number of imidazole rings is 1. The van der Waals surface area contributed by atoms with Gasteiger partial charge in [0.25, 0.3) is 5.91 Å². The van der Waals surface area contributed by atoms with E-state index in [0.717, 1.165) is 37.1 Å². The summed E-state index contributed by atoms with van der Waals surface area (Å²) in [5, 5.41) is 5.92. The normalized spacial score (nSPS) is 15.2. The molecule has 0 spiro atoms. The van der Waals surface area contributed by atoms with Crippen LogP contribution in [0.1, 0.15) is 47.1 Å². The molecule has 1 aromatic carbocycles. The summed E-state index contributed by atoms with van der Waals surface area (Å²) in [6.07, 6.45) is 2.29. The van der Waals surface area contributed by atoms with Gasteiger partial charge < -0.3 is 20.1 Å². The maximum atomic E-state index is 13.1. The molecule has 2 N–H and O–H groups in total. The summed E-state index contributed by atoms with van der Waals surface area (Å²) in [4.78, 5) is 34.9. The number of aromatic nitrogens is 6. The molecule has 0 bridgehead atoms. The van der Waals surface area contributed by atoms with Crippen molar-refractivity contribution in [2.75, 3.05) is 24.4 Å². The van der Waals surface area contributed by atoms with Crippen molar-refractivity contribution < 1.29 is 27.4 Å². The van der Waals surface area contributed by atoms with E-state index in [0.29, 0.717) is 58.2 Å². The van der Waals surface area contributed by atoms with Gasteiger partial charge in [0.1, 0.15) is 35.3 Å². The van der Waals surface area contributed by atoms with Gasteiger partial charge in [0, 0.05) is 35.8 Å². The van der Waals surface area contributed by atoms with Crippen LogP contribution in [-0.4, -0.2) is 49.1 Å². The number of methoxy groups -OCH3 is 1. The Balaban J connectivity index is 1.32. The average molecular weight is 605 g/mol. The van der Waals surface area contributed by atoms with Crippen molar-refractivity contribution in [3.05, 3.63) is 78.1 Å². The SMILES string of the molecule is COc1ccc(-c2ncnc3c2ncn3C2CCCCO2)c(Nc2cc(NC(=O)c3cc(C(F)(F)F)ccn3)ccc2C)n1. The number of hydrogen-bond donors (Lipinski definition) is 2. The molecule has 11 nitrogen and oxygen atoms in total. The molecule has 0 aliphatic carbocycles. The van der Waals surface area contributed by atoms with Crippen LogP contribution >= 0.6 is 0 Å². The number of carbonyl (C=O) groups excluding carboxylic acids is 1. The molecule has 1 aliphatic rings. The minimum atomic E-state index is -4.60. The fourth-order valence-electron chi connectivity index (χ4n) is 4.93. The van der Waals surface area contributed by atoms with Crippen LogP contribution in [0.25, 0.3) is 22.4 Å². The number of pyridine rings is 2. The highest BCUT2D eigenvalue weighted by atomic mass is 19.4. The quantitative estimate of drug-likeness (QED) is 0.219. The fourth-order valence-corrected chi connectivity index (χ4v) is 4.93. The lowest BCUT2D eigenvalue weighted by atomic mass is 10.1. The van der Waals surface area contributed by atoms with Crippen LogP contribution in [0.15, 0.2) is 61.3 Å². The zero-order chi connectivity index (χ0) is 30.8. The zero-order valence-electron chi connectivity index (χ0n) is 23.7. The summed E-state index contributed by atoms with van der Waals surface area (Å²) < 4.78 is 52.7. The summed E-state index contributed by atoms with van der Waals surface area (Å²) >= 11 is 0. The lowest BCUT2D eigenvalue weighted by Gasteiger charge is -2.23. The molecule has 226 valence electrons. The minimum Gasteiger partial charge on any atom is -0.481 e. The molecule has 1 amide bonds. The van der Waals surface area contributed by atoms with E-state index < -0.39 is 17.6 Å². The van der Waals surface area contributed by atoms with Crippen LogP contribution in [0, 0.1) is 6.92 Å². The molecular formula is C30H27F3N8O3. The summed E-state index contributed by atoms with van der Waals surface area (Å²) in [5.74, 6) is -0.0358. The monoisotopic (exact) mass is 604 g/mol. The molecule has 14 heteroatoms. The van der Waals surface area contributed by atoms with E-state index in [-0.39, 0.29) is 11.9 Å². The van der Waals surface area contributed by atoms with Gasteiger partial charge in [-0.1, -0.05) is 6.07 Å². The Hall–Kier alpha value is -5.11. The van der Waals surface area contributed by atoms with Gasteiger partial charge in [0.05, 0.1) is 19.0 Å².